The van der Waals surface area contributed by atoms with Gasteiger partial charge in [0.15, 0.2) is 0 Å². The van der Waals surface area contributed by atoms with E-state index in [-0.39, 0.29) is 6.04 Å². The summed E-state index contributed by atoms with van der Waals surface area (Å²) < 4.78 is 7.09. The summed E-state index contributed by atoms with van der Waals surface area (Å²) in [5, 5.41) is 8.60. The van der Waals surface area contributed by atoms with E-state index in [1.807, 2.05) is 4.68 Å². The third-order valence-electron chi connectivity index (χ3n) is 2.94. The lowest BCUT2D eigenvalue weighted by molar-refractivity contribution is 0.188. The highest BCUT2D eigenvalue weighted by Crippen LogP contribution is 2.26. The smallest absolute Gasteiger partial charge is 0.0834 e. The van der Waals surface area contributed by atoms with E-state index in [2.05, 4.69) is 24.3 Å². The summed E-state index contributed by atoms with van der Waals surface area (Å²) in [6.45, 7) is 6.86. The van der Waals surface area contributed by atoms with E-state index in [1.165, 1.54) is 0 Å². The van der Waals surface area contributed by atoms with E-state index < -0.39 is 0 Å². The zero-order chi connectivity index (χ0) is 13.4. The van der Waals surface area contributed by atoms with E-state index in [4.69, 9.17) is 16.3 Å². The van der Waals surface area contributed by atoms with Crippen LogP contribution in [0.1, 0.15) is 44.8 Å². The van der Waals surface area contributed by atoms with Gasteiger partial charge in [0.05, 0.1) is 23.0 Å². The lowest BCUT2D eigenvalue weighted by Crippen LogP contribution is -2.25. The molecule has 1 aromatic rings. The molecular weight excluding hydrogens is 250 g/mol. The minimum atomic E-state index is 0.259. The Kier molecular flexibility index (Phi) is 7.32. The van der Waals surface area contributed by atoms with Gasteiger partial charge >= 0.3 is 0 Å². The van der Waals surface area contributed by atoms with Crippen molar-refractivity contribution < 1.29 is 4.74 Å². The number of hydrogen-bond donors (Lipinski definition) is 1. The second kappa shape index (κ2) is 8.51. The number of methoxy groups -OCH3 is 1. The fraction of sp³-hybridized carbons (Fsp3) is 0.769. The molecule has 5 heteroatoms. The van der Waals surface area contributed by atoms with Crippen molar-refractivity contribution >= 4 is 11.6 Å². The van der Waals surface area contributed by atoms with Crippen LogP contribution in [-0.4, -0.2) is 30.0 Å². The molecule has 1 aromatic heterocycles. The molecule has 0 radical (unpaired) electrons. The molecular formula is C13H24ClN3O. The number of ether oxygens (including phenoxy) is 1. The molecule has 1 N–H and O–H groups in total. The molecule has 1 unspecified atom stereocenters. The normalized spacial score (nSPS) is 12.9. The maximum Gasteiger partial charge on any atom is 0.0834 e. The maximum atomic E-state index is 6.26. The average molecular weight is 274 g/mol. The summed E-state index contributed by atoms with van der Waals surface area (Å²) in [6.07, 6.45) is 4.87. The van der Waals surface area contributed by atoms with Gasteiger partial charge in [0.25, 0.3) is 0 Å². The summed E-state index contributed by atoms with van der Waals surface area (Å²) in [5.41, 5.74) is 1.10. The van der Waals surface area contributed by atoms with Crippen molar-refractivity contribution in [2.24, 2.45) is 0 Å². The number of nitrogens with zero attached hydrogens (tertiary/aromatic N) is 2. The van der Waals surface area contributed by atoms with Crippen LogP contribution in [0.5, 0.6) is 0 Å². The minimum Gasteiger partial charge on any atom is -0.385 e. The van der Waals surface area contributed by atoms with Crippen LogP contribution >= 0.6 is 11.6 Å². The summed E-state index contributed by atoms with van der Waals surface area (Å²) in [7, 11) is 1.73. The topological polar surface area (TPSA) is 39.1 Å². The molecule has 0 aliphatic heterocycles. The fourth-order valence-electron chi connectivity index (χ4n) is 2.06. The zero-order valence-corrected chi connectivity index (χ0v) is 12.3. The van der Waals surface area contributed by atoms with Crippen molar-refractivity contribution in [3.05, 3.63) is 16.9 Å². The number of hydrogen-bond acceptors (Lipinski definition) is 3. The monoisotopic (exact) mass is 273 g/mol. The van der Waals surface area contributed by atoms with Crippen molar-refractivity contribution in [2.45, 2.75) is 45.7 Å². The zero-order valence-electron chi connectivity index (χ0n) is 11.6. The Balaban J connectivity index is 2.75. The van der Waals surface area contributed by atoms with E-state index >= 15 is 0 Å². The summed E-state index contributed by atoms with van der Waals surface area (Å²) in [4.78, 5) is 0. The van der Waals surface area contributed by atoms with Gasteiger partial charge in [0.1, 0.15) is 0 Å². The Hall–Kier alpha value is -0.580. The molecule has 0 amide bonds. The summed E-state index contributed by atoms with van der Waals surface area (Å²) >= 11 is 6.26. The molecule has 1 heterocycles. The molecule has 1 atom stereocenters. The van der Waals surface area contributed by atoms with Crippen LogP contribution in [0.15, 0.2) is 6.20 Å². The van der Waals surface area contributed by atoms with Crippen LogP contribution in [0.2, 0.25) is 5.02 Å². The highest BCUT2D eigenvalue weighted by Gasteiger charge is 2.18. The average Bonchev–Trinajstić information content (AvgIpc) is 2.75. The van der Waals surface area contributed by atoms with Crippen LogP contribution in [0, 0.1) is 0 Å². The fourth-order valence-corrected chi connectivity index (χ4v) is 2.33. The second-order valence-electron chi connectivity index (χ2n) is 4.34. The number of aryl methyl sites for hydroxylation is 1. The number of halogens is 1. The lowest BCUT2D eigenvalue weighted by atomic mass is 10.1. The molecule has 0 aliphatic rings. The van der Waals surface area contributed by atoms with Gasteiger partial charge in [-0.15, -0.1) is 0 Å². The molecule has 18 heavy (non-hydrogen) atoms. The Labute approximate surface area is 115 Å². The van der Waals surface area contributed by atoms with Crippen molar-refractivity contribution in [2.75, 3.05) is 20.3 Å². The van der Waals surface area contributed by atoms with Gasteiger partial charge in [0, 0.05) is 20.3 Å². The van der Waals surface area contributed by atoms with Crippen LogP contribution in [0.4, 0.5) is 0 Å². The van der Waals surface area contributed by atoms with E-state index in [0.29, 0.717) is 0 Å². The Morgan fingerprint density at radius 1 is 1.50 bits per heavy atom. The van der Waals surface area contributed by atoms with Gasteiger partial charge in [-0.1, -0.05) is 18.5 Å². The van der Waals surface area contributed by atoms with E-state index in [1.54, 1.807) is 13.3 Å². The highest BCUT2D eigenvalue weighted by atomic mass is 35.5. The van der Waals surface area contributed by atoms with Gasteiger partial charge in [-0.05, 0) is 32.7 Å². The first-order valence-corrected chi connectivity index (χ1v) is 7.05. The molecule has 4 nitrogen and oxygen atoms in total. The van der Waals surface area contributed by atoms with Gasteiger partial charge in [-0.25, -0.2) is 0 Å². The Bertz CT molecular complexity index is 341. The van der Waals surface area contributed by atoms with Crippen molar-refractivity contribution in [3.63, 3.8) is 0 Å². The first-order chi connectivity index (χ1) is 8.74. The lowest BCUT2D eigenvalue weighted by Gasteiger charge is -2.20. The largest absolute Gasteiger partial charge is 0.385 e. The van der Waals surface area contributed by atoms with Gasteiger partial charge < -0.3 is 10.1 Å². The standard InChI is InChI=1S/C13H24ClN3O/c1-4-8-15-12(7-6-9-18-3)13-11(14)10-16-17(13)5-2/h10,12,15H,4-9H2,1-3H3. The second-order valence-corrected chi connectivity index (χ2v) is 4.74. The van der Waals surface area contributed by atoms with Gasteiger partial charge in [0.2, 0.25) is 0 Å². The van der Waals surface area contributed by atoms with Crippen molar-refractivity contribution in [3.8, 4) is 0 Å². The molecule has 0 saturated carbocycles. The van der Waals surface area contributed by atoms with Crippen LogP contribution in [-0.2, 0) is 11.3 Å². The number of nitrogens with one attached hydrogen (secondary N) is 1. The molecule has 0 spiro atoms. The predicted octanol–water partition coefficient (Wildman–Crippen LogP) is 3.02. The van der Waals surface area contributed by atoms with Crippen LogP contribution in [0.3, 0.4) is 0 Å². The number of aromatic nitrogens is 2. The molecule has 1 rings (SSSR count). The molecule has 0 aliphatic carbocycles. The van der Waals surface area contributed by atoms with Gasteiger partial charge in [-0.3, -0.25) is 4.68 Å². The first kappa shape index (κ1) is 15.5. The summed E-state index contributed by atoms with van der Waals surface area (Å²) in [6, 6.07) is 0.259. The molecule has 0 bridgehead atoms. The summed E-state index contributed by atoms with van der Waals surface area (Å²) in [5.74, 6) is 0. The van der Waals surface area contributed by atoms with E-state index in [9.17, 15) is 0 Å². The van der Waals surface area contributed by atoms with Crippen LogP contribution < -0.4 is 5.32 Å². The number of rotatable bonds is 9. The quantitative estimate of drug-likeness (QED) is 0.703. The SMILES string of the molecule is CCCNC(CCCOC)c1c(Cl)cnn1CC. The molecule has 0 aromatic carbocycles. The van der Waals surface area contributed by atoms with Crippen molar-refractivity contribution in [1.82, 2.24) is 15.1 Å². The highest BCUT2D eigenvalue weighted by molar-refractivity contribution is 6.31. The maximum absolute atomic E-state index is 6.26. The van der Waals surface area contributed by atoms with E-state index in [0.717, 1.165) is 49.7 Å². The molecule has 0 fully saturated rings. The Morgan fingerprint density at radius 3 is 2.89 bits per heavy atom. The predicted molar refractivity (Wildman–Crippen MR) is 75.1 cm³/mol. The van der Waals surface area contributed by atoms with Crippen LogP contribution in [0.25, 0.3) is 0 Å². The molecule has 104 valence electrons. The van der Waals surface area contributed by atoms with Gasteiger partial charge in [-0.2, -0.15) is 5.10 Å². The third-order valence-corrected chi connectivity index (χ3v) is 3.24. The molecule has 0 saturated heterocycles. The van der Waals surface area contributed by atoms with Crippen molar-refractivity contribution in [1.29, 1.82) is 0 Å². The Morgan fingerprint density at radius 2 is 2.28 bits per heavy atom. The first-order valence-electron chi connectivity index (χ1n) is 6.68. The third kappa shape index (κ3) is 4.26. The minimum absolute atomic E-state index is 0.259.